The van der Waals surface area contributed by atoms with Crippen LogP contribution in [0, 0.1) is 28.5 Å². The van der Waals surface area contributed by atoms with Crippen LogP contribution < -0.4 is 10.1 Å². The number of rotatable bonds is 6. The van der Waals surface area contributed by atoms with E-state index < -0.39 is 11.7 Å². The summed E-state index contributed by atoms with van der Waals surface area (Å²) in [5.41, 5.74) is 2.05. The Bertz CT molecular complexity index is 1400. The Labute approximate surface area is 216 Å². The minimum atomic E-state index is -0.630. The number of hydrogen-bond donors (Lipinski definition) is 1. The van der Waals surface area contributed by atoms with E-state index in [1.165, 1.54) is 35.6 Å². The summed E-state index contributed by atoms with van der Waals surface area (Å²) in [6.07, 6.45) is 5.11. The number of ether oxygens (including phenoxy) is 1. The first-order valence-corrected chi connectivity index (χ1v) is 12.3. The van der Waals surface area contributed by atoms with Crippen LogP contribution in [0.15, 0.2) is 42.0 Å². The number of hydrogen-bond acceptors (Lipinski definition) is 5. The average molecular weight is 526 g/mol. The van der Waals surface area contributed by atoms with Crippen LogP contribution in [0.1, 0.15) is 40.0 Å². The van der Waals surface area contributed by atoms with Crippen molar-refractivity contribution in [3.05, 3.63) is 85.0 Å². The van der Waals surface area contributed by atoms with Crippen molar-refractivity contribution < 1.29 is 13.9 Å². The molecule has 1 aliphatic rings. The number of nitriles is 2. The molecule has 0 saturated heterocycles. The maximum absolute atomic E-state index is 13.8. The first kappa shape index (κ1) is 24.8. The third-order valence-electron chi connectivity index (χ3n) is 5.54. The van der Waals surface area contributed by atoms with E-state index in [9.17, 15) is 19.7 Å². The number of nitrogens with zero attached hydrogens (tertiary/aromatic N) is 2. The molecular formula is C26H18Cl2FN3O2S. The van der Waals surface area contributed by atoms with Gasteiger partial charge in [-0.15, -0.1) is 11.3 Å². The lowest BCUT2D eigenvalue weighted by Gasteiger charge is -2.11. The van der Waals surface area contributed by atoms with Gasteiger partial charge in [-0.05, 0) is 61.1 Å². The summed E-state index contributed by atoms with van der Waals surface area (Å²) in [5.74, 6) is -0.871. The second kappa shape index (κ2) is 10.9. The Morgan fingerprint density at radius 2 is 1.89 bits per heavy atom. The highest BCUT2D eigenvalue weighted by Crippen LogP contribution is 2.38. The van der Waals surface area contributed by atoms with Gasteiger partial charge in [0, 0.05) is 10.4 Å². The quantitative estimate of drug-likeness (QED) is 0.275. The zero-order valence-electron chi connectivity index (χ0n) is 18.3. The van der Waals surface area contributed by atoms with Gasteiger partial charge in [-0.2, -0.15) is 10.5 Å². The normalized spacial score (nSPS) is 12.9. The van der Waals surface area contributed by atoms with Gasteiger partial charge < -0.3 is 10.1 Å². The second-order valence-corrected chi connectivity index (χ2v) is 9.76. The summed E-state index contributed by atoms with van der Waals surface area (Å²) in [6, 6.07) is 13.3. The van der Waals surface area contributed by atoms with Crippen LogP contribution in [0.3, 0.4) is 0 Å². The van der Waals surface area contributed by atoms with Crippen LogP contribution >= 0.6 is 34.5 Å². The van der Waals surface area contributed by atoms with Crippen molar-refractivity contribution in [2.24, 2.45) is 0 Å². The van der Waals surface area contributed by atoms with Gasteiger partial charge in [-0.25, -0.2) is 4.39 Å². The second-order valence-electron chi connectivity index (χ2n) is 7.84. The van der Waals surface area contributed by atoms with Crippen LogP contribution in [-0.4, -0.2) is 5.91 Å². The van der Waals surface area contributed by atoms with E-state index in [2.05, 4.69) is 11.4 Å². The van der Waals surface area contributed by atoms with Crippen molar-refractivity contribution in [1.82, 2.24) is 0 Å². The van der Waals surface area contributed by atoms with E-state index in [0.29, 0.717) is 21.7 Å². The van der Waals surface area contributed by atoms with Gasteiger partial charge in [-0.3, -0.25) is 4.79 Å². The number of thiophene rings is 1. The van der Waals surface area contributed by atoms with Crippen molar-refractivity contribution in [3.8, 4) is 17.9 Å². The Morgan fingerprint density at radius 1 is 1.17 bits per heavy atom. The molecule has 0 aliphatic heterocycles. The molecule has 9 heteroatoms. The fraction of sp³-hybridized carbons (Fsp3) is 0.192. The van der Waals surface area contributed by atoms with E-state index in [1.807, 2.05) is 6.07 Å². The third kappa shape index (κ3) is 5.49. The van der Waals surface area contributed by atoms with Crippen LogP contribution in [-0.2, 0) is 24.2 Å². The predicted molar refractivity (Wildman–Crippen MR) is 135 cm³/mol. The number of amides is 1. The highest BCUT2D eigenvalue weighted by Gasteiger charge is 2.23. The predicted octanol–water partition coefficient (Wildman–Crippen LogP) is 7.07. The summed E-state index contributed by atoms with van der Waals surface area (Å²) in [4.78, 5) is 13.9. The molecule has 0 bridgehead atoms. The third-order valence-corrected chi connectivity index (χ3v) is 7.31. The van der Waals surface area contributed by atoms with Crippen molar-refractivity contribution in [2.75, 3.05) is 5.32 Å². The topological polar surface area (TPSA) is 85.9 Å². The van der Waals surface area contributed by atoms with Gasteiger partial charge in [0.05, 0.1) is 15.6 Å². The summed E-state index contributed by atoms with van der Waals surface area (Å²) in [6.45, 7) is -0.0703. The van der Waals surface area contributed by atoms with Crippen molar-refractivity contribution in [1.29, 1.82) is 10.5 Å². The molecule has 1 heterocycles. The van der Waals surface area contributed by atoms with Crippen LogP contribution in [0.4, 0.5) is 9.39 Å². The fourth-order valence-electron chi connectivity index (χ4n) is 3.82. The minimum Gasteiger partial charge on any atom is -0.486 e. The lowest BCUT2D eigenvalue weighted by molar-refractivity contribution is -0.112. The Morgan fingerprint density at radius 3 is 2.57 bits per heavy atom. The maximum Gasteiger partial charge on any atom is 0.266 e. The SMILES string of the molecule is N#C/C(=C\c1cc(Cl)c(OCc2ccccc2F)c(Cl)c1)C(=O)Nc1sc2c(c1C#N)CCCC2. The number of halogens is 3. The molecule has 1 aromatic heterocycles. The average Bonchev–Trinajstić information content (AvgIpc) is 3.19. The lowest BCUT2D eigenvalue weighted by Crippen LogP contribution is -2.13. The highest BCUT2D eigenvalue weighted by atomic mass is 35.5. The number of anilines is 1. The summed E-state index contributed by atoms with van der Waals surface area (Å²) >= 11 is 14.0. The van der Waals surface area contributed by atoms with Gasteiger partial charge in [0.2, 0.25) is 0 Å². The molecule has 2 aromatic carbocycles. The lowest BCUT2D eigenvalue weighted by atomic mass is 9.96. The number of fused-ring (bicyclic) bond motifs is 1. The van der Waals surface area contributed by atoms with E-state index in [0.717, 1.165) is 36.1 Å². The van der Waals surface area contributed by atoms with E-state index in [-0.39, 0.29) is 28.0 Å². The molecule has 0 fully saturated rings. The molecule has 0 spiro atoms. The van der Waals surface area contributed by atoms with Gasteiger partial charge in [0.15, 0.2) is 5.75 Å². The molecule has 1 amide bonds. The molecule has 0 radical (unpaired) electrons. The largest absolute Gasteiger partial charge is 0.486 e. The summed E-state index contributed by atoms with van der Waals surface area (Å²) in [5, 5.41) is 22.6. The van der Waals surface area contributed by atoms with Crippen molar-refractivity contribution in [2.45, 2.75) is 32.3 Å². The molecule has 1 N–H and O–H groups in total. The highest BCUT2D eigenvalue weighted by molar-refractivity contribution is 7.16. The Hall–Kier alpha value is -3.36. The van der Waals surface area contributed by atoms with Crippen molar-refractivity contribution in [3.63, 3.8) is 0 Å². The zero-order valence-corrected chi connectivity index (χ0v) is 20.7. The standard InChI is InChI=1S/C26H18Cl2FN3O2S/c27-20-10-15(11-21(28)24(20)34-14-16-5-1-3-7-22(16)29)9-17(12-30)25(33)32-26-19(13-31)18-6-2-4-8-23(18)35-26/h1,3,5,7,9-11H,2,4,6,8,14H2,(H,32,33)/b17-9+. The monoisotopic (exact) mass is 525 g/mol. The summed E-state index contributed by atoms with van der Waals surface area (Å²) < 4.78 is 19.5. The number of nitrogens with one attached hydrogen (secondary N) is 1. The fourth-order valence-corrected chi connectivity index (χ4v) is 5.67. The van der Waals surface area contributed by atoms with Gasteiger partial charge >= 0.3 is 0 Å². The zero-order chi connectivity index (χ0) is 24.9. The van der Waals surface area contributed by atoms with Crippen LogP contribution in [0.5, 0.6) is 5.75 Å². The smallest absolute Gasteiger partial charge is 0.266 e. The molecular weight excluding hydrogens is 508 g/mol. The molecule has 0 saturated carbocycles. The molecule has 1 aliphatic carbocycles. The molecule has 5 nitrogen and oxygen atoms in total. The van der Waals surface area contributed by atoms with Gasteiger partial charge in [0.1, 0.15) is 35.1 Å². The Kier molecular flexibility index (Phi) is 7.73. The maximum atomic E-state index is 13.8. The number of aryl methyl sites for hydroxylation is 1. The van der Waals surface area contributed by atoms with E-state index in [4.69, 9.17) is 27.9 Å². The molecule has 4 rings (SSSR count). The number of carbonyl (C=O) groups excluding carboxylic acids is 1. The van der Waals surface area contributed by atoms with E-state index in [1.54, 1.807) is 18.2 Å². The first-order chi connectivity index (χ1) is 16.9. The number of carbonyl (C=O) groups is 1. The molecule has 3 aromatic rings. The molecule has 176 valence electrons. The molecule has 35 heavy (non-hydrogen) atoms. The summed E-state index contributed by atoms with van der Waals surface area (Å²) in [7, 11) is 0. The van der Waals surface area contributed by atoms with Crippen molar-refractivity contribution >= 4 is 51.5 Å². The van der Waals surface area contributed by atoms with E-state index >= 15 is 0 Å². The Balaban J connectivity index is 1.53. The minimum absolute atomic E-state index is 0.0703. The van der Waals surface area contributed by atoms with Crippen LogP contribution in [0.2, 0.25) is 10.0 Å². The van der Waals surface area contributed by atoms with Gasteiger partial charge in [-0.1, -0.05) is 41.4 Å². The first-order valence-electron chi connectivity index (χ1n) is 10.7. The van der Waals surface area contributed by atoms with Crippen LogP contribution in [0.25, 0.3) is 6.08 Å². The number of benzene rings is 2. The van der Waals surface area contributed by atoms with Gasteiger partial charge in [0.25, 0.3) is 5.91 Å². The molecule has 0 unspecified atom stereocenters. The molecule has 0 atom stereocenters.